The zero-order chi connectivity index (χ0) is 44.7. The first kappa shape index (κ1) is 46.7. The highest BCUT2D eigenvalue weighted by molar-refractivity contribution is 14.1. The van der Waals surface area contributed by atoms with Crippen molar-refractivity contribution in [2.45, 2.75) is 64.0 Å². The minimum atomic E-state index is -4.50. The summed E-state index contributed by atoms with van der Waals surface area (Å²) in [4.78, 5) is 29.9. The first-order valence-corrected chi connectivity index (χ1v) is 23.7. The lowest BCUT2D eigenvalue weighted by Crippen LogP contribution is -2.54. The van der Waals surface area contributed by atoms with Gasteiger partial charge in [-0.15, -0.1) is 0 Å². The van der Waals surface area contributed by atoms with E-state index in [1.807, 2.05) is 97.9 Å². The average Bonchev–Trinajstić information content (AvgIpc) is 3.63. The maximum Gasteiger partial charge on any atom is 0.424 e. The van der Waals surface area contributed by atoms with Gasteiger partial charge in [-0.2, -0.15) is 4.31 Å². The number of sulfonamides is 1. The molecule has 63 heavy (non-hydrogen) atoms. The monoisotopic (exact) mass is 1050 g/mol. The second-order valence-electron chi connectivity index (χ2n) is 15.0. The molecular weight excluding hydrogens is 1010 g/mol. The minimum absolute atomic E-state index is 0.102. The topological polar surface area (TPSA) is 130 Å². The molecule has 2 aliphatic heterocycles. The number of ether oxygens (including phenoxy) is 6. The molecule has 17 heteroatoms. The van der Waals surface area contributed by atoms with Crippen LogP contribution in [-0.2, 0) is 55.4 Å². The fourth-order valence-corrected chi connectivity index (χ4v) is 10.5. The molecule has 0 saturated carbocycles. The van der Waals surface area contributed by atoms with E-state index < -0.39 is 54.6 Å². The van der Waals surface area contributed by atoms with Crippen LogP contribution in [0.3, 0.4) is 0 Å². The van der Waals surface area contributed by atoms with Gasteiger partial charge in [0.25, 0.3) is 10.0 Å². The normalized spacial score (nSPS) is 18.7. The van der Waals surface area contributed by atoms with E-state index in [1.165, 1.54) is 17.0 Å². The van der Waals surface area contributed by atoms with Gasteiger partial charge in [0.2, 0.25) is 3.79 Å². The smallest absolute Gasteiger partial charge is 0.424 e. The quantitative estimate of drug-likeness (QED) is 0.0738. The Morgan fingerprint density at radius 1 is 0.810 bits per heavy atom. The number of rotatable bonds is 15. The van der Waals surface area contributed by atoms with Crippen LogP contribution in [0.4, 0.5) is 15.3 Å². The number of hydrogen-bond donors (Lipinski definition) is 0. The molecule has 5 aromatic carbocycles. The summed E-state index contributed by atoms with van der Waals surface area (Å²) in [5.41, 5.74) is 4.82. The molecule has 0 bridgehead atoms. The van der Waals surface area contributed by atoms with Crippen molar-refractivity contribution in [3.63, 3.8) is 0 Å². The van der Waals surface area contributed by atoms with Crippen molar-refractivity contribution >= 4 is 85.3 Å². The first-order valence-electron chi connectivity index (χ1n) is 19.8. The Labute approximate surface area is 395 Å². The van der Waals surface area contributed by atoms with Gasteiger partial charge in [-0.1, -0.05) is 148 Å². The van der Waals surface area contributed by atoms with Crippen molar-refractivity contribution < 1.29 is 46.4 Å². The highest BCUT2D eigenvalue weighted by Gasteiger charge is 2.57. The molecule has 0 aliphatic carbocycles. The van der Waals surface area contributed by atoms with Crippen LogP contribution in [0.25, 0.3) is 0 Å². The number of carbonyl (C=O) groups is 2. The van der Waals surface area contributed by atoms with Gasteiger partial charge in [-0.3, -0.25) is 4.90 Å². The summed E-state index contributed by atoms with van der Waals surface area (Å²) < 4.78 is 63.7. The number of anilines is 1. The number of methoxy groups -OCH3 is 1. The van der Waals surface area contributed by atoms with Crippen LogP contribution < -0.4 is 14.4 Å². The Bertz CT molecular complexity index is 2460. The van der Waals surface area contributed by atoms with Gasteiger partial charge >= 0.3 is 12.2 Å². The number of amides is 2. The molecule has 0 N–H and O–H groups in total. The molecule has 2 aliphatic rings. The summed E-state index contributed by atoms with van der Waals surface area (Å²) in [7, 11) is -2.93. The number of benzene rings is 5. The molecule has 0 aromatic heterocycles. The highest BCUT2D eigenvalue weighted by atomic mass is 127. The van der Waals surface area contributed by atoms with E-state index in [0.29, 0.717) is 34.9 Å². The fraction of sp³-hybridized carbons (Fsp3) is 0.304. The number of fused-ring (bicyclic) bond motifs is 2. The predicted molar refractivity (Wildman–Crippen MR) is 249 cm³/mol. The number of aryl methyl sites for hydroxylation is 1. The van der Waals surface area contributed by atoms with Crippen LogP contribution in [-0.4, -0.2) is 71.6 Å². The molecule has 4 atom stereocenters. The summed E-state index contributed by atoms with van der Waals surface area (Å²) in [6.07, 6.45) is -3.10. The predicted octanol–water partition coefficient (Wildman–Crippen LogP) is 10.3. The molecule has 2 heterocycles. The van der Waals surface area contributed by atoms with Crippen LogP contribution >= 0.6 is 57.4 Å². The Morgan fingerprint density at radius 2 is 1.41 bits per heavy atom. The molecule has 1 saturated heterocycles. The number of halogens is 4. The van der Waals surface area contributed by atoms with E-state index >= 15 is 0 Å². The van der Waals surface area contributed by atoms with E-state index in [-0.39, 0.29) is 37.9 Å². The van der Waals surface area contributed by atoms with E-state index in [9.17, 15) is 18.0 Å². The second kappa shape index (κ2) is 20.7. The van der Waals surface area contributed by atoms with Gasteiger partial charge in [-0.25, -0.2) is 18.0 Å². The molecular formula is C46H44Cl3IN2O10S. The minimum Gasteiger partial charge on any atom is -0.497 e. The molecule has 1 fully saturated rings. The lowest BCUT2D eigenvalue weighted by Gasteiger charge is -2.39. The maximum absolute atomic E-state index is 14.6. The lowest BCUT2D eigenvalue weighted by molar-refractivity contribution is 0.0479. The number of hydrogen-bond acceptors (Lipinski definition) is 10. The Kier molecular flexibility index (Phi) is 15.3. The maximum atomic E-state index is 14.6. The summed E-state index contributed by atoms with van der Waals surface area (Å²) in [6, 6.07) is 35.1. The zero-order valence-electron chi connectivity index (χ0n) is 34.2. The molecule has 0 spiro atoms. The number of nitrogens with zero attached hydrogens (tertiary/aromatic N) is 2. The number of alkyl halides is 4. The Hall–Kier alpha value is -4.29. The van der Waals surface area contributed by atoms with Crippen LogP contribution in [0, 0.1) is 6.92 Å². The van der Waals surface area contributed by atoms with Crippen molar-refractivity contribution in [2.75, 3.05) is 31.8 Å². The first-order chi connectivity index (χ1) is 30.2. The van der Waals surface area contributed by atoms with Gasteiger partial charge in [0.1, 0.15) is 36.9 Å². The zero-order valence-corrected chi connectivity index (χ0v) is 39.4. The average molecular weight is 1050 g/mol. The van der Waals surface area contributed by atoms with Crippen molar-refractivity contribution in [1.82, 2.24) is 4.31 Å². The van der Waals surface area contributed by atoms with Crippen LogP contribution in [0.1, 0.15) is 39.3 Å². The SMILES string of the molecule is COc1ccc(COC[C@@H]2c3c(OCc4ccccc4)cc(COCc4ccccc4)cc3N(C(=O)OCC(Cl)(Cl)Cl)C[C@H](I)[C@@H]3[C@H]2OC(=O)N3S(=O)(=O)c2ccc(C)cc2)cc1. The third kappa shape index (κ3) is 11.5. The van der Waals surface area contributed by atoms with Crippen molar-refractivity contribution in [2.24, 2.45) is 0 Å². The standard InChI is InChI=1S/C46H44Cl3IN2O10S/c1-30-13-19-36(20-14-30)63(55,56)52-42-38(50)23-51(44(53)61-29-46(47,48)49)39-21-34(26-58-24-31-9-5-3-6-10-31)22-40(60-27-32-11-7-4-8-12-32)41(39)37(43(42)62-45(52)54)28-59-25-33-15-17-35(57-2)18-16-33/h3-22,37-38,42-43H,23-29H2,1-2H3/t37-,38+,42-,43+/m1/s1. The van der Waals surface area contributed by atoms with Crippen LogP contribution in [0.2, 0.25) is 0 Å². The molecule has 0 radical (unpaired) electrons. The second-order valence-corrected chi connectivity index (χ2v) is 20.9. The van der Waals surface area contributed by atoms with Gasteiger partial charge in [0, 0.05) is 12.1 Å². The molecule has 0 unspecified atom stereocenters. The molecule has 332 valence electrons. The Balaban J connectivity index is 1.38. The van der Waals surface area contributed by atoms with Crippen molar-refractivity contribution in [1.29, 1.82) is 0 Å². The summed E-state index contributed by atoms with van der Waals surface area (Å²) in [5, 5.41) is 0. The fourth-order valence-electron chi connectivity index (χ4n) is 7.45. The van der Waals surface area contributed by atoms with E-state index in [2.05, 4.69) is 22.6 Å². The van der Waals surface area contributed by atoms with Crippen molar-refractivity contribution in [3.8, 4) is 11.5 Å². The summed E-state index contributed by atoms with van der Waals surface area (Å²) >= 11 is 20.3. The molecule has 5 aromatic rings. The van der Waals surface area contributed by atoms with E-state index in [1.54, 1.807) is 25.3 Å². The van der Waals surface area contributed by atoms with Gasteiger partial charge in [0.05, 0.1) is 54.0 Å². The van der Waals surface area contributed by atoms with Gasteiger partial charge in [-0.05, 0) is 65.6 Å². The lowest BCUT2D eigenvalue weighted by atomic mass is 9.84. The van der Waals surface area contributed by atoms with E-state index in [0.717, 1.165) is 26.6 Å². The van der Waals surface area contributed by atoms with Crippen LogP contribution in [0.15, 0.2) is 126 Å². The molecule has 12 nitrogen and oxygen atoms in total. The third-order valence-corrected chi connectivity index (χ3v) is 13.7. The van der Waals surface area contributed by atoms with Crippen molar-refractivity contribution in [3.05, 3.63) is 155 Å². The van der Waals surface area contributed by atoms with Gasteiger partial charge < -0.3 is 28.4 Å². The van der Waals surface area contributed by atoms with E-state index in [4.69, 9.17) is 63.2 Å². The summed E-state index contributed by atoms with van der Waals surface area (Å²) in [6.45, 7) is 1.59. The van der Waals surface area contributed by atoms with Gasteiger partial charge in [0.15, 0.2) is 0 Å². The highest BCUT2D eigenvalue weighted by Crippen LogP contribution is 2.48. The summed E-state index contributed by atoms with van der Waals surface area (Å²) in [5.74, 6) is 0.0480. The number of carbonyl (C=O) groups excluding carboxylic acids is 2. The molecule has 2 amide bonds. The van der Waals surface area contributed by atoms with Crippen LogP contribution in [0.5, 0.6) is 11.5 Å². The largest absolute Gasteiger partial charge is 0.497 e. The molecule has 7 rings (SSSR count). The Morgan fingerprint density at radius 3 is 2.05 bits per heavy atom. The third-order valence-electron chi connectivity index (χ3n) is 10.5.